The molecule has 102 valence electrons. The van der Waals surface area contributed by atoms with Crippen molar-refractivity contribution >= 4 is 11.8 Å². The van der Waals surface area contributed by atoms with Gasteiger partial charge in [-0.2, -0.15) is 0 Å². The summed E-state index contributed by atoms with van der Waals surface area (Å²) in [7, 11) is 0. The zero-order valence-corrected chi connectivity index (χ0v) is 10.9. The van der Waals surface area contributed by atoms with Crippen molar-refractivity contribution < 1.29 is 14.3 Å². The van der Waals surface area contributed by atoms with Crippen LogP contribution in [0, 0.1) is 0 Å². The van der Waals surface area contributed by atoms with Crippen molar-refractivity contribution in [1.82, 2.24) is 9.80 Å². The van der Waals surface area contributed by atoms with Crippen molar-refractivity contribution in [2.75, 3.05) is 33.0 Å². The summed E-state index contributed by atoms with van der Waals surface area (Å²) in [5.74, 6) is 0.425. The Labute approximate surface area is 108 Å². The Balaban J connectivity index is 1.60. The van der Waals surface area contributed by atoms with Gasteiger partial charge >= 0.3 is 0 Å². The third-order valence-electron chi connectivity index (χ3n) is 3.60. The van der Waals surface area contributed by atoms with Gasteiger partial charge in [-0.05, 0) is 25.7 Å². The molecule has 2 rings (SSSR count). The fraction of sp³-hybridized carbons (Fsp3) is 0.846. The molecule has 0 aromatic heterocycles. The Hall–Kier alpha value is -1.10. The van der Waals surface area contributed by atoms with Gasteiger partial charge in [0.1, 0.15) is 6.73 Å². The summed E-state index contributed by atoms with van der Waals surface area (Å²) in [5, 5.41) is 0. The number of amides is 2. The van der Waals surface area contributed by atoms with E-state index in [-0.39, 0.29) is 11.8 Å². The second kappa shape index (κ2) is 6.73. The maximum atomic E-state index is 11.5. The minimum Gasteiger partial charge on any atom is -0.359 e. The van der Waals surface area contributed by atoms with Gasteiger partial charge in [0.2, 0.25) is 11.8 Å². The van der Waals surface area contributed by atoms with Gasteiger partial charge in [-0.1, -0.05) is 0 Å². The van der Waals surface area contributed by atoms with Gasteiger partial charge in [0.05, 0.1) is 6.61 Å². The van der Waals surface area contributed by atoms with E-state index in [0.717, 1.165) is 38.8 Å². The van der Waals surface area contributed by atoms with E-state index >= 15 is 0 Å². The van der Waals surface area contributed by atoms with Gasteiger partial charge < -0.3 is 14.5 Å². The fourth-order valence-electron chi connectivity index (χ4n) is 2.45. The second-order valence-electron chi connectivity index (χ2n) is 4.99. The number of carbonyl (C=O) groups excluding carboxylic acids is 2. The number of ether oxygens (including phenoxy) is 1. The van der Waals surface area contributed by atoms with Gasteiger partial charge in [0, 0.05) is 32.5 Å². The molecule has 2 aliphatic heterocycles. The van der Waals surface area contributed by atoms with Gasteiger partial charge in [0.15, 0.2) is 0 Å². The summed E-state index contributed by atoms with van der Waals surface area (Å²) in [6.45, 7) is 3.21. The molecule has 0 radical (unpaired) electrons. The van der Waals surface area contributed by atoms with Crippen LogP contribution in [0.1, 0.15) is 38.5 Å². The molecule has 5 heteroatoms. The first-order chi connectivity index (χ1) is 8.77. The summed E-state index contributed by atoms with van der Waals surface area (Å²) in [4.78, 5) is 26.7. The van der Waals surface area contributed by atoms with Crippen LogP contribution in [-0.2, 0) is 14.3 Å². The van der Waals surface area contributed by atoms with Crippen LogP contribution in [0.25, 0.3) is 0 Å². The number of rotatable bonds is 5. The van der Waals surface area contributed by atoms with Gasteiger partial charge in [-0.3, -0.25) is 9.59 Å². The molecule has 2 fully saturated rings. The number of likely N-dealkylation sites (tertiary alicyclic amines) is 2. The fourth-order valence-corrected chi connectivity index (χ4v) is 2.45. The Bertz CT molecular complexity index is 277. The van der Waals surface area contributed by atoms with Crippen molar-refractivity contribution in [2.24, 2.45) is 0 Å². The van der Waals surface area contributed by atoms with Crippen LogP contribution in [0.5, 0.6) is 0 Å². The average Bonchev–Trinajstić information content (AvgIpc) is 2.38. The molecule has 0 saturated carbocycles. The van der Waals surface area contributed by atoms with Crippen molar-refractivity contribution in [3.05, 3.63) is 0 Å². The van der Waals surface area contributed by atoms with E-state index < -0.39 is 0 Å². The Morgan fingerprint density at radius 2 is 1.50 bits per heavy atom. The Kier molecular flexibility index (Phi) is 4.99. The van der Waals surface area contributed by atoms with Crippen LogP contribution < -0.4 is 0 Å². The summed E-state index contributed by atoms with van der Waals surface area (Å²) in [6.07, 6.45) is 5.49. The van der Waals surface area contributed by atoms with E-state index in [1.807, 2.05) is 4.90 Å². The lowest BCUT2D eigenvalue weighted by Gasteiger charge is -2.28. The average molecular weight is 254 g/mol. The number of hydrogen-bond donors (Lipinski definition) is 0. The molecule has 0 spiro atoms. The molecule has 0 bridgehead atoms. The van der Waals surface area contributed by atoms with Crippen molar-refractivity contribution in [2.45, 2.75) is 38.5 Å². The van der Waals surface area contributed by atoms with E-state index in [1.54, 1.807) is 4.90 Å². The molecule has 18 heavy (non-hydrogen) atoms. The monoisotopic (exact) mass is 254 g/mol. The van der Waals surface area contributed by atoms with E-state index in [1.165, 1.54) is 0 Å². The zero-order valence-electron chi connectivity index (χ0n) is 10.9. The van der Waals surface area contributed by atoms with E-state index in [0.29, 0.717) is 32.7 Å². The predicted octanol–water partition coefficient (Wildman–Crippen LogP) is 0.985. The summed E-state index contributed by atoms with van der Waals surface area (Å²) in [5.41, 5.74) is 0. The van der Waals surface area contributed by atoms with Crippen LogP contribution in [0.15, 0.2) is 0 Å². The van der Waals surface area contributed by atoms with Crippen LogP contribution in [0.4, 0.5) is 0 Å². The summed E-state index contributed by atoms with van der Waals surface area (Å²) in [6, 6.07) is 0. The Morgan fingerprint density at radius 3 is 2.11 bits per heavy atom. The Morgan fingerprint density at radius 1 is 0.889 bits per heavy atom. The molecule has 0 aromatic rings. The maximum Gasteiger partial charge on any atom is 0.224 e. The zero-order chi connectivity index (χ0) is 12.8. The standard InChI is InChI=1S/C13H22N2O3/c16-12-5-1-3-7-14(12)9-10-18-11-15-8-4-2-6-13(15)17/h1-11H2. The first kappa shape index (κ1) is 13.3. The van der Waals surface area contributed by atoms with Crippen molar-refractivity contribution in [3.8, 4) is 0 Å². The van der Waals surface area contributed by atoms with Gasteiger partial charge in [-0.25, -0.2) is 0 Å². The maximum absolute atomic E-state index is 11.5. The lowest BCUT2D eigenvalue weighted by Crippen LogP contribution is -2.40. The highest BCUT2D eigenvalue weighted by atomic mass is 16.5. The number of nitrogens with zero attached hydrogens (tertiary/aromatic N) is 2. The SMILES string of the molecule is O=C1CCCCN1CCOCN1CCCCC1=O. The lowest BCUT2D eigenvalue weighted by molar-refractivity contribution is -0.141. The molecule has 0 aromatic carbocycles. The third kappa shape index (κ3) is 3.70. The van der Waals surface area contributed by atoms with Crippen LogP contribution in [0.3, 0.4) is 0 Å². The molecule has 2 saturated heterocycles. The molecule has 0 aliphatic carbocycles. The quantitative estimate of drug-likeness (QED) is 0.687. The van der Waals surface area contributed by atoms with E-state index in [2.05, 4.69) is 0 Å². The number of piperidine rings is 2. The minimum atomic E-state index is 0.190. The van der Waals surface area contributed by atoms with Crippen LogP contribution in [0.2, 0.25) is 0 Å². The molecule has 2 aliphatic rings. The second-order valence-corrected chi connectivity index (χ2v) is 4.99. The lowest BCUT2D eigenvalue weighted by atomic mass is 10.1. The molecule has 2 heterocycles. The molecule has 0 atom stereocenters. The van der Waals surface area contributed by atoms with Gasteiger partial charge in [-0.15, -0.1) is 0 Å². The number of hydrogen-bond acceptors (Lipinski definition) is 3. The largest absolute Gasteiger partial charge is 0.359 e. The van der Waals surface area contributed by atoms with Gasteiger partial charge in [0.25, 0.3) is 0 Å². The molecule has 0 N–H and O–H groups in total. The van der Waals surface area contributed by atoms with Crippen LogP contribution >= 0.6 is 0 Å². The summed E-state index contributed by atoms with van der Waals surface area (Å²) >= 11 is 0. The first-order valence-corrected chi connectivity index (χ1v) is 6.90. The van der Waals surface area contributed by atoms with Crippen molar-refractivity contribution in [3.63, 3.8) is 0 Å². The predicted molar refractivity (Wildman–Crippen MR) is 66.8 cm³/mol. The first-order valence-electron chi connectivity index (χ1n) is 6.90. The molecule has 5 nitrogen and oxygen atoms in total. The smallest absolute Gasteiger partial charge is 0.224 e. The minimum absolute atomic E-state index is 0.190. The number of carbonyl (C=O) groups is 2. The topological polar surface area (TPSA) is 49.9 Å². The highest BCUT2D eigenvalue weighted by Crippen LogP contribution is 2.11. The summed E-state index contributed by atoms with van der Waals surface area (Å²) < 4.78 is 5.51. The molecule has 0 unspecified atom stereocenters. The molecular formula is C13H22N2O3. The molecular weight excluding hydrogens is 232 g/mol. The molecule has 2 amide bonds. The highest BCUT2D eigenvalue weighted by molar-refractivity contribution is 5.77. The highest BCUT2D eigenvalue weighted by Gasteiger charge is 2.19. The van der Waals surface area contributed by atoms with Crippen molar-refractivity contribution in [1.29, 1.82) is 0 Å². The van der Waals surface area contributed by atoms with E-state index in [4.69, 9.17) is 4.74 Å². The normalized spacial score (nSPS) is 21.6. The third-order valence-corrected chi connectivity index (χ3v) is 3.60. The van der Waals surface area contributed by atoms with Crippen LogP contribution in [-0.4, -0.2) is 54.6 Å². The van der Waals surface area contributed by atoms with E-state index in [9.17, 15) is 9.59 Å².